The van der Waals surface area contributed by atoms with Crippen LogP contribution in [0.15, 0.2) is 0 Å². The summed E-state index contributed by atoms with van der Waals surface area (Å²) in [7, 11) is 4.36. The summed E-state index contributed by atoms with van der Waals surface area (Å²) < 4.78 is 6.03. The monoisotopic (exact) mass is 255 g/mol. The number of likely N-dealkylation sites (N-methyl/N-ethyl adjacent to an activating group) is 1. The molecule has 4 unspecified atom stereocenters. The Balaban J connectivity index is 1.94. The molecule has 0 aromatic rings. The minimum atomic E-state index is 0.353. The van der Waals surface area contributed by atoms with E-state index in [-0.39, 0.29) is 0 Å². The van der Waals surface area contributed by atoms with Gasteiger partial charge in [0.15, 0.2) is 0 Å². The number of piperidine rings is 1. The Morgan fingerprint density at radius 3 is 2.67 bits per heavy atom. The molecular weight excluding hydrogens is 226 g/mol. The Hall–Kier alpha value is -0.160. The molecule has 2 N–H and O–H groups in total. The lowest BCUT2D eigenvalue weighted by Gasteiger charge is -2.42. The SMILES string of the molecule is CC1CCC(C(CN)N2CCCC(N(C)C)C2)O1. The van der Waals surface area contributed by atoms with E-state index in [0.29, 0.717) is 24.3 Å². The van der Waals surface area contributed by atoms with E-state index in [2.05, 4.69) is 30.8 Å². The van der Waals surface area contributed by atoms with Gasteiger partial charge in [-0.3, -0.25) is 4.90 Å². The zero-order valence-electron chi connectivity index (χ0n) is 12.1. The number of nitrogens with zero attached hydrogens (tertiary/aromatic N) is 2. The highest BCUT2D eigenvalue weighted by Gasteiger charge is 2.35. The second-order valence-corrected chi connectivity index (χ2v) is 6.12. The van der Waals surface area contributed by atoms with Gasteiger partial charge in [-0.25, -0.2) is 0 Å². The number of ether oxygens (including phenoxy) is 1. The molecule has 2 saturated heterocycles. The van der Waals surface area contributed by atoms with Crippen molar-refractivity contribution in [1.82, 2.24) is 9.80 Å². The Kier molecular flexibility index (Phi) is 5.01. The van der Waals surface area contributed by atoms with E-state index in [9.17, 15) is 0 Å². The lowest BCUT2D eigenvalue weighted by molar-refractivity contribution is -0.0188. The van der Waals surface area contributed by atoms with Crippen molar-refractivity contribution in [3.63, 3.8) is 0 Å². The summed E-state index contributed by atoms with van der Waals surface area (Å²) in [5.41, 5.74) is 6.02. The zero-order chi connectivity index (χ0) is 13.1. The van der Waals surface area contributed by atoms with Crippen LogP contribution >= 0.6 is 0 Å². The molecule has 0 aromatic heterocycles. The minimum Gasteiger partial charge on any atom is -0.374 e. The van der Waals surface area contributed by atoms with Crippen LogP contribution in [0, 0.1) is 0 Å². The van der Waals surface area contributed by atoms with E-state index >= 15 is 0 Å². The van der Waals surface area contributed by atoms with E-state index in [1.165, 1.54) is 32.2 Å². The number of likely N-dealkylation sites (tertiary alicyclic amines) is 1. The molecule has 4 atom stereocenters. The molecule has 2 heterocycles. The van der Waals surface area contributed by atoms with Gasteiger partial charge in [-0.05, 0) is 53.2 Å². The van der Waals surface area contributed by atoms with Crippen molar-refractivity contribution in [1.29, 1.82) is 0 Å². The first-order valence-electron chi connectivity index (χ1n) is 7.37. The molecule has 0 aromatic carbocycles. The number of nitrogens with two attached hydrogens (primary N) is 1. The van der Waals surface area contributed by atoms with Gasteiger partial charge in [0, 0.05) is 25.2 Å². The minimum absolute atomic E-state index is 0.353. The van der Waals surface area contributed by atoms with Crippen LogP contribution in [0.2, 0.25) is 0 Å². The Labute approximate surface area is 111 Å². The summed E-state index contributed by atoms with van der Waals surface area (Å²) in [4.78, 5) is 4.91. The molecule has 0 bridgehead atoms. The molecule has 2 fully saturated rings. The highest BCUT2D eigenvalue weighted by atomic mass is 16.5. The van der Waals surface area contributed by atoms with Gasteiger partial charge in [-0.15, -0.1) is 0 Å². The molecule has 2 aliphatic heterocycles. The van der Waals surface area contributed by atoms with Crippen molar-refractivity contribution < 1.29 is 4.74 Å². The maximum Gasteiger partial charge on any atom is 0.0747 e. The summed E-state index contributed by atoms with van der Waals surface area (Å²) in [6.45, 7) is 5.22. The summed E-state index contributed by atoms with van der Waals surface area (Å²) in [5.74, 6) is 0. The fourth-order valence-corrected chi connectivity index (χ4v) is 3.36. The molecule has 2 aliphatic rings. The fourth-order valence-electron chi connectivity index (χ4n) is 3.36. The lowest BCUT2D eigenvalue weighted by Crippen LogP contribution is -2.55. The van der Waals surface area contributed by atoms with Gasteiger partial charge in [-0.1, -0.05) is 0 Å². The quantitative estimate of drug-likeness (QED) is 0.811. The van der Waals surface area contributed by atoms with Crippen LogP contribution in [-0.2, 0) is 4.74 Å². The first kappa shape index (κ1) is 14.3. The van der Waals surface area contributed by atoms with E-state index in [4.69, 9.17) is 10.5 Å². The average molecular weight is 255 g/mol. The van der Waals surface area contributed by atoms with E-state index in [1.807, 2.05) is 0 Å². The standard InChI is InChI=1S/C14H29N3O/c1-11-6-7-14(18-11)13(9-15)17-8-4-5-12(10-17)16(2)3/h11-14H,4-10,15H2,1-3H3. The zero-order valence-corrected chi connectivity index (χ0v) is 12.1. The normalized spacial score (nSPS) is 36.2. The van der Waals surface area contributed by atoms with Crippen LogP contribution in [0.5, 0.6) is 0 Å². The number of hydrogen-bond donors (Lipinski definition) is 1. The van der Waals surface area contributed by atoms with Crippen LogP contribution in [0.4, 0.5) is 0 Å². The molecule has 2 rings (SSSR count). The largest absolute Gasteiger partial charge is 0.374 e. The van der Waals surface area contributed by atoms with E-state index in [0.717, 1.165) is 13.1 Å². The Morgan fingerprint density at radius 2 is 2.11 bits per heavy atom. The summed E-state index contributed by atoms with van der Waals surface area (Å²) >= 11 is 0. The first-order chi connectivity index (χ1) is 8.61. The third-order valence-corrected chi connectivity index (χ3v) is 4.56. The second kappa shape index (κ2) is 6.33. The van der Waals surface area contributed by atoms with Crippen molar-refractivity contribution in [2.75, 3.05) is 33.7 Å². The van der Waals surface area contributed by atoms with Crippen LogP contribution in [0.25, 0.3) is 0 Å². The van der Waals surface area contributed by atoms with Gasteiger partial charge in [0.05, 0.1) is 12.2 Å². The maximum absolute atomic E-state index is 6.03. The molecule has 4 heteroatoms. The Bertz CT molecular complexity index is 259. The third kappa shape index (κ3) is 3.23. The van der Waals surface area contributed by atoms with E-state index in [1.54, 1.807) is 0 Å². The predicted molar refractivity (Wildman–Crippen MR) is 74.7 cm³/mol. The van der Waals surface area contributed by atoms with Gasteiger partial charge in [-0.2, -0.15) is 0 Å². The highest BCUT2D eigenvalue weighted by molar-refractivity contribution is 4.89. The lowest BCUT2D eigenvalue weighted by atomic mass is 9.99. The van der Waals surface area contributed by atoms with E-state index < -0.39 is 0 Å². The third-order valence-electron chi connectivity index (χ3n) is 4.56. The molecule has 0 spiro atoms. The van der Waals surface area contributed by atoms with Crippen molar-refractivity contribution in [3.8, 4) is 0 Å². The van der Waals surface area contributed by atoms with Crippen molar-refractivity contribution in [3.05, 3.63) is 0 Å². The molecule has 0 radical (unpaired) electrons. The second-order valence-electron chi connectivity index (χ2n) is 6.12. The average Bonchev–Trinajstić information content (AvgIpc) is 2.77. The molecular formula is C14H29N3O. The van der Waals surface area contributed by atoms with Gasteiger partial charge in [0.2, 0.25) is 0 Å². The summed E-state index contributed by atoms with van der Waals surface area (Å²) in [6.07, 6.45) is 5.72. The molecule has 0 aliphatic carbocycles. The number of hydrogen-bond acceptors (Lipinski definition) is 4. The van der Waals surface area contributed by atoms with Crippen LogP contribution in [0.1, 0.15) is 32.6 Å². The fraction of sp³-hybridized carbons (Fsp3) is 1.00. The molecule has 18 heavy (non-hydrogen) atoms. The molecule has 0 amide bonds. The van der Waals surface area contributed by atoms with Crippen LogP contribution < -0.4 is 5.73 Å². The summed E-state index contributed by atoms with van der Waals surface area (Å²) in [6, 6.07) is 1.09. The summed E-state index contributed by atoms with van der Waals surface area (Å²) in [5, 5.41) is 0. The molecule has 0 saturated carbocycles. The molecule has 4 nitrogen and oxygen atoms in total. The predicted octanol–water partition coefficient (Wildman–Crippen LogP) is 0.907. The van der Waals surface area contributed by atoms with Crippen molar-refractivity contribution >= 4 is 0 Å². The van der Waals surface area contributed by atoms with Gasteiger partial charge >= 0.3 is 0 Å². The van der Waals surface area contributed by atoms with Crippen molar-refractivity contribution in [2.45, 2.75) is 56.9 Å². The number of rotatable bonds is 4. The maximum atomic E-state index is 6.03. The Morgan fingerprint density at radius 1 is 1.33 bits per heavy atom. The van der Waals surface area contributed by atoms with Gasteiger partial charge < -0.3 is 15.4 Å². The van der Waals surface area contributed by atoms with Gasteiger partial charge in [0.25, 0.3) is 0 Å². The van der Waals surface area contributed by atoms with Crippen LogP contribution in [0.3, 0.4) is 0 Å². The van der Waals surface area contributed by atoms with Gasteiger partial charge in [0.1, 0.15) is 0 Å². The topological polar surface area (TPSA) is 41.7 Å². The molecule has 106 valence electrons. The highest BCUT2D eigenvalue weighted by Crippen LogP contribution is 2.26. The first-order valence-corrected chi connectivity index (χ1v) is 7.37. The van der Waals surface area contributed by atoms with Crippen LogP contribution in [-0.4, -0.2) is 67.8 Å². The smallest absolute Gasteiger partial charge is 0.0747 e. The van der Waals surface area contributed by atoms with Crippen molar-refractivity contribution in [2.24, 2.45) is 5.73 Å².